The molecule has 3 nitrogen and oxygen atoms in total. The van der Waals surface area contributed by atoms with Gasteiger partial charge in [0.1, 0.15) is 0 Å². The minimum atomic E-state index is 0.216. The summed E-state index contributed by atoms with van der Waals surface area (Å²) in [7, 11) is 0. The summed E-state index contributed by atoms with van der Waals surface area (Å²) in [6, 6.07) is 6.40. The average molecular weight is 290 g/mol. The highest BCUT2D eigenvalue weighted by molar-refractivity contribution is 6.31. The Hall–Kier alpha value is -1.45. The molecule has 2 rings (SSSR count). The van der Waals surface area contributed by atoms with Crippen molar-refractivity contribution in [2.24, 2.45) is 0 Å². The van der Waals surface area contributed by atoms with Crippen molar-refractivity contribution in [1.82, 2.24) is 15.3 Å². The van der Waals surface area contributed by atoms with Crippen LogP contribution in [-0.4, -0.2) is 16.5 Å². The van der Waals surface area contributed by atoms with Gasteiger partial charge < -0.3 is 5.32 Å². The van der Waals surface area contributed by atoms with Crippen molar-refractivity contribution in [1.29, 1.82) is 0 Å². The Kier molecular flexibility index (Phi) is 5.10. The van der Waals surface area contributed by atoms with Gasteiger partial charge in [-0.15, -0.1) is 0 Å². The van der Waals surface area contributed by atoms with Gasteiger partial charge in [-0.3, -0.25) is 9.97 Å². The number of rotatable bonds is 5. The van der Waals surface area contributed by atoms with Crippen LogP contribution < -0.4 is 5.32 Å². The minimum absolute atomic E-state index is 0.216. The smallest absolute Gasteiger partial charge is 0.0622 e. The molecule has 106 valence electrons. The summed E-state index contributed by atoms with van der Waals surface area (Å²) >= 11 is 6.22. The van der Waals surface area contributed by atoms with E-state index < -0.39 is 0 Å². The number of likely N-dealkylation sites (N-methyl/N-ethyl adjacent to an activating group) is 1. The molecule has 0 spiro atoms. The lowest BCUT2D eigenvalue weighted by molar-refractivity contribution is 0.544. The molecule has 0 radical (unpaired) electrons. The highest BCUT2D eigenvalue weighted by Crippen LogP contribution is 2.24. The van der Waals surface area contributed by atoms with E-state index in [1.165, 1.54) is 5.56 Å². The number of halogens is 1. The van der Waals surface area contributed by atoms with Crippen LogP contribution in [0.25, 0.3) is 0 Å². The van der Waals surface area contributed by atoms with E-state index >= 15 is 0 Å². The van der Waals surface area contributed by atoms with E-state index in [1.54, 1.807) is 12.4 Å². The quantitative estimate of drug-likeness (QED) is 0.913. The number of aryl methyl sites for hydroxylation is 2. The third-order valence-corrected chi connectivity index (χ3v) is 3.71. The molecule has 0 fully saturated rings. The molecule has 1 atom stereocenters. The summed E-state index contributed by atoms with van der Waals surface area (Å²) in [5, 5.41) is 4.23. The Balaban J connectivity index is 2.29. The summed E-state index contributed by atoms with van der Waals surface area (Å²) < 4.78 is 0. The fourth-order valence-corrected chi connectivity index (χ4v) is 2.59. The van der Waals surface area contributed by atoms with Gasteiger partial charge in [0.2, 0.25) is 0 Å². The number of nitrogens with one attached hydrogen (secondary N) is 1. The molecule has 4 heteroatoms. The lowest BCUT2D eigenvalue weighted by Gasteiger charge is -2.20. The molecule has 0 aliphatic heterocycles. The molecule has 0 saturated carbocycles. The van der Waals surface area contributed by atoms with Gasteiger partial charge in [0.05, 0.1) is 5.02 Å². The van der Waals surface area contributed by atoms with E-state index in [0.29, 0.717) is 5.02 Å². The molecular weight excluding hydrogens is 270 g/mol. The Labute approximate surface area is 125 Å². The second-order valence-corrected chi connectivity index (χ2v) is 5.32. The summed E-state index contributed by atoms with van der Waals surface area (Å²) in [6.45, 7) is 7.08. The maximum Gasteiger partial charge on any atom is 0.0622 e. The van der Waals surface area contributed by atoms with Crippen LogP contribution in [0.5, 0.6) is 0 Å². The van der Waals surface area contributed by atoms with Crippen LogP contribution in [0.1, 0.15) is 35.5 Å². The zero-order chi connectivity index (χ0) is 14.5. The number of nitrogens with zero attached hydrogens (tertiary/aromatic N) is 2. The normalized spacial score (nSPS) is 12.4. The van der Waals surface area contributed by atoms with Crippen molar-refractivity contribution in [3.8, 4) is 0 Å². The monoisotopic (exact) mass is 289 g/mol. The molecule has 1 N–H and O–H groups in total. The predicted octanol–water partition coefficient (Wildman–Crippen LogP) is 3.64. The minimum Gasteiger partial charge on any atom is -0.310 e. The fraction of sp³-hybridized carbons (Fsp3) is 0.375. The van der Waals surface area contributed by atoms with E-state index in [1.807, 2.05) is 13.0 Å². The average Bonchev–Trinajstić information content (AvgIpc) is 2.41. The first kappa shape index (κ1) is 14.9. The fourth-order valence-electron chi connectivity index (χ4n) is 2.39. The maximum atomic E-state index is 6.22. The molecule has 0 aliphatic rings. The molecule has 2 heterocycles. The SMILES string of the molecule is CCNC(Cc1ccncc1Cl)c1ccc(C)nc1C. The van der Waals surface area contributed by atoms with Crippen molar-refractivity contribution in [2.45, 2.75) is 33.2 Å². The lowest BCUT2D eigenvalue weighted by atomic mass is 9.98. The van der Waals surface area contributed by atoms with Crippen molar-refractivity contribution in [3.05, 3.63) is 58.1 Å². The van der Waals surface area contributed by atoms with Gasteiger partial charge in [-0.05, 0) is 50.1 Å². The van der Waals surface area contributed by atoms with E-state index in [2.05, 4.69) is 41.3 Å². The number of aromatic nitrogens is 2. The van der Waals surface area contributed by atoms with Crippen LogP contribution in [0, 0.1) is 13.8 Å². The molecule has 0 amide bonds. The highest BCUT2D eigenvalue weighted by atomic mass is 35.5. The molecule has 20 heavy (non-hydrogen) atoms. The van der Waals surface area contributed by atoms with Crippen molar-refractivity contribution < 1.29 is 0 Å². The van der Waals surface area contributed by atoms with Gasteiger partial charge in [0.15, 0.2) is 0 Å². The lowest BCUT2D eigenvalue weighted by Crippen LogP contribution is -2.24. The van der Waals surface area contributed by atoms with Crippen LogP contribution in [-0.2, 0) is 6.42 Å². The largest absolute Gasteiger partial charge is 0.310 e. The standard InChI is InChI=1S/C16H20ClN3/c1-4-19-16(9-13-7-8-18-10-15(13)17)14-6-5-11(2)20-12(14)3/h5-8,10,16,19H,4,9H2,1-3H3. The zero-order valence-electron chi connectivity index (χ0n) is 12.2. The molecule has 2 aromatic heterocycles. The van der Waals surface area contributed by atoms with Crippen molar-refractivity contribution in [2.75, 3.05) is 6.54 Å². The molecule has 0 aliphatic carbocycles. The molecular formula is C16H20ClN3. The van der Waals surface area contributed by atoms with Gasteiger partial charge in [0, 0.05) is 29.8 Å². The van der Waals surface area contributed by atoms with Crippen molar-refractivity contribution >= 4 is 11.6 Å². The third kappa shape index (κ3) is 3.56. The van der Waals surface area contributed by atoms with Crippen molar-refractivity contribution in [3.63, 3.8) is 0 Å². The topological polar surface area (TPSA) is 37.8 Å². The Morgan fingerprint density at radius 3 is 2.70 bits per heavy atom. The molecule has 1 unspecified atom stereocenters. The number of hydrogen-bond donors (Lipinski definition) is 1. The van der Waals surface area contributed by atoms with Gasteiger partial charge in [-0.2, -0.15) is 0 Å². The van der Waals surface area contributed by atoms with E-state index in [4.69, 9.17) is 11.6 Å². The van der Waals surface area contributed by atoms with E-state index in [-0.39, 0.29) is 6.04 Å². The first-order chi connectivity index (χ1) is 9.61. The van der Waals surface area contributed by atoms with E-state index in [9.17, 15) is 0 Å². The number of pyridine rings is 2. The highest BCUT2D eigenvalue weighted by Gasteiger charge is 2.15. The molecule has 2 aromatic rings. The maximum absolute atomic E-state index is 6.22. The summed E-state index contributed by atoms with van der Waals surface area (Å²) in [5.41, 5.74) is 4.45. The second-order valence-electron chi connectivity index (χ2n) is 4.91. The van der Waals surface area contributed by atoms with Crippen LogP contribution in [0.3, 0.4) is 0 Å². The Morgan fingerprint density at radius 1 is 1.25 bits per heavy atom. The summed E-state index contributed by atoms with van der Waals surface area (Å²) in [5.74, 6) is 0. The van der Waals surface area contributed by atoms with Gasteiger partial charge in [-0.1, -0.05) is 24.6 Å². The second kappa shape index (κ2) is 6.82. The zero-order valence-corrected chi connectivity index (χ0v) is 12.9. The third-order valence-electron chi connectivity index (χ3n) is 3.37. The van der Waals surface area contributed by atoms with Crippen LogP contribution in [0.15, 0.2) is 30.6 Å². The summed E-state index contributed by atoms with van der Waals surface area (Å²) in [6.07, 6.45) is 4.31. The Morgan fingerprint density at radius 2 is 2.05 bits per heavy atom. The summed E-state index contributed by atoms with van der Waals surface area (Å²) in [4.78, 5) is 8.59. The van der Waals surface area contributed by atoms with Gasteiger partial charge in [0.25, 0.3) is 0 Å². The number of hydrogen-bond acceptors (Lipinski definition) is 3. The molecule has 0 saturated heterocycles. The van der Waals surface area contributed by atoms with Crippen LogP contribution >= 0.6 is 11.6 Å². The molecule has 0 bridgehead atoms. The van der Waals surface area contributed by atoms with E-state index in [0.717, 1.165) is 29.9 Å². The van der Waals surface area contributed by atoms with Crippen LogP contribution in [0.2, 0.25) is 5.02 Å². The predicted molar refractivity (Wildman–Crippen MR) is 83.1 cm³/mol. The first-order valence-corrected chi connectivity index (χ1v) is 7.25. The molecule has 0 aromatic carbocycles. The first-order valence-electron chi connectivity index (χ1n) is 6.87. The van der Waals surface area contributed by atoms with Gasteiger partial charge >= 0.3 is 0 Å². The van der Waals surface area contributed by atoms with Gasteiger partial charge in [-0.25, -0.2) is 0 Å². The van der Waals surface area contributed by atoms with Crippen LogP contribution in [0.4, 0.5) is 0 Å². The Bertz CT molecular complexity index is 584.